The molecule has 2 heterocycles. The monoisotopic (exact) mass is 416 g/mol. The lowest BCUT2D eigenvalue weighted by atomic mass is 9.74. The molecule has 2 N–H and O–H groups in total. The first kappa shape index (κ1) is 21.6. The van der Waals surface area contributed by atoms with Crippen LogP contribution in [0.1, 0.15) is 42.3 Å². The van der Waals surface area contributed by atoms with E-state index in [2.05, 4.69) is 0 Å². The topological polar surface area (TPSA) is 110 Å². The normalized spacial score (nSPS) is 25.6. The predicted octanol–water partition coefficient (Wildman–Crippen LogP) is 2.27. The van der Waals surface area contributed by atoms with Crippen LogP contribution in [0.5, 0.6) is 0 Å². The van der Waals surface area contributed by atoms with Gasteiger partial charge in [-0.15, -0.1) is 12.4 Å². The summed E-state index contributed by atoms with van der Waals surface area (Å²) in [5.41, 5.74) is 5.88. The number of nitrogens with zero attached hydrogens (tertiary/aromatic N) is 3. The van der Waals surface area contributed by atoms with E-state index in [9.17, 15) is 19.7 Å². The van der Waals surface area contributed by atoms with E-state index in [1.54, 1.807) is 4.90 Å². The molecule has 0 aromatic carbocycles. The Hall–Kier alpha value is -1.71. The number of carbonyl (C=O) groups excluding carboxylic acids is 2. The number of thiophene rings is 1. The van der Waals surface area contributed by atoms with E-state index in [1.165, 1.54) is 12.1 Å². The van der Waals surface area contributed by atoms with Gasteiger partial charge in [0.2, 0.25) is 5.91 Å². The number of nitro groups is 1. The zero-order valence-corrected chi connectivity index (χ0v) is 16.9. The van der Waals surface area contributed by atoms with Gasteiger partial charge in [-0.05, 0) is 25.8 Å². The molecular weight excluding hydrogens is 392 g/mol. The van der Waals surface area contributed by atoms with E-state index in [4.69, 9.17) is 5.73 Å². The van der Waals surface area contributed by atoms with Gasteiger partial charge in [-0.1, -0.05) is 24.2 Å². The highest BCUT2D eigenvalue weighted by molar-refractivity contribution is 7.17. The molecular formula is C17H25ClN4O4S. The van der Waals surface area contributed by atoms with Crippen LogP contribution in [0.15, 0.2) is 12.1 Å². The molecule has 27 heavy (non-hydrogen) atoms. The van der Waals surface area contributed by atoms with Gasteiger partial charge in [-0.2, -0.15) is 0 Å². The van der Waals surface area contributed by atoms with Crippen molar-refractivity contribution in [2.45, 2.75) is 38.1 Å². The summed E-state index contributed by atoms with van der Waals surface area (Å²) < 4.78 is 0. The van der Waals surface area contributed by atoms with Crippen LogP contribution in [0, 0.1) is 16.0 Å². The highest BCUT2D eigenvalue weighted by Crippen LogP contribution is 2.33. The van der Waals surface area contributed by atoms with Crippen molar-refractivity contribution in [3.63, 3.8) is 0 Å². The molecule has 2 fully saturated rings. The number of hydrogen-bond acceptors (Lipinski definition) is 6. The van der Waals surface area contributed by atoms with Gasteiger partial charge in [0, 0.05) is 37.8 Å². The van der Waals surface area contributed by atoms with Crippen LogP contribution >= 0.6 is 23.7 Å². The van der Waals surface area contributed by atoms with Gasteiger partial charge in [0.25, 0.3) is 5.91 Å². The van der Waals surface area contributed by atoms with Crippen LogP contribution < -0.4 is 5.73 Å². The number of halogens is 1. The number of piperazine rings is 1. The molecule has 2 unspecified atom stereocenters. The SMILES string of the molecule is CC1(N)CCCCC1C(=O)N1CCN(C(=O)c2ccc([N+](=O)[O-])s2)CC1.Cl. The average Bonchev–Trinajstić information content (AvgIpc) is 3.11. The average molecular weight is 417 g/mol. The second-order valence-corrected chi connectivity index (χ2v) is 8.38. The molecule has 2 aliphatic rings. The van der Waals surface area contributed by atoms with E-state index in [1.807, 2.05) is 11.8 Å². The van der Waals surface area contributed by atoms with Crippen molar-refractivity contribution in [3.05, 3.63) is 27.1 Å². The Morgan fingerprint density at radius 3 is 2.41 bits per heavy atom. The zero-order valence-electron chi connectivity index (χ0n) is 15.3. The molecule has 1 saturated carbocycles. The molecule has 8 nitrogen and oxygen atoms in total. The predicted molar refractivity (Wildman–Crippen MR) is 105 cm³/mol. The van der Waals surface area contributed by atoms with E-state index in [0.717, 1.165) is 37.0 Å². The third-order valence-corrected chi connectivity index (χ3v) is 6.44. The summed E-state index contributed by atoms with van der Waals surface area (Å²) in [5, 5.41) is 10.7. The molecule has 1 aromatic heterocycles. The number of nitrogens with two attached hydrogens (primary N) is 1. The van der Waals surface area contributed by atoms with Crippen molar-refractivity contribution in [2.24, 2.45) is 11.7 Å². The summed E-state index contributed by atoms with van der Waals surface area (Å²) in [6, 6.07) is 2.84. The highest BCUT2D eigenvalue weighted by Gasteiger charge is 2.40. The fourth-order valence-corrected chi connectivity index (χ4v) is 4.60. The Labute approximate surface area is 168 Å². The maximum atomic E-state index is 12.9. The number of rotatable bonds is 3. The summed E-state index contributed by atoms with van der Waals surface area (Å²) in [7, 11) is 0. The third-order valence-electron chi connectivity index (χ3n) is 5.41. The molecule has 0 radical (unpaired) electrons. The van der Waals surface area contributed by atoms with Crippen molar-refractivity contribution in [3.8, 4) is 0 Å². The summed E-state index contributed by atoms with van der Waals surface area (Å²) >= 11 is 0.885. The lowest BCUT2D eigenvalue weighted by Gasteiger charge is -2.42. The molecule has 3 rings (SSSR count). The Kier molecular flexibility index (Phi) is 6.82. The number of carbonyl (C=O) groups is 2. The van der Waals surface area contributed by atoms with E-state index in [-0.39, 0.29) is 35.1 Å². The molecule has 1 saturated heterocycles. The maximum Gasteiger partial charge on any atom is 0.324 e. The minimum atomic E-state index is -0.494. The van der Waals surface area contributed by atoms with Crippen LogP contribution in [0.4, 0.5) is 5.00 Å². The maximum absolute atomic E-state index is 12.9. The molecule has 150 valence electrons. The fourth-order valence-electron chi connectivity index (χ4n) is 3.81. The zero-order chi connectivity index (χ0) is 18.9. The van der Waals surface area contributed by atoms with Gasteiger partial charge in [0.15, 0.2) is 0 Å². The summed E-state index contributed by atoms with van der Waals surface area (Å²) in [5.74, 6) is -0.275. The van der Waals surface area contributed by atoms with Crippen molar-refractivity contribution in [1.82, 2.24) is 9.80 Å². The van der Waals surface area contributed by atoms with Crippen LogP contribution in [0.25, 0.3) is 0 Å². The quantitative estimate of drug-likeness (QED) is 0.600. The van der Waals surface area contributed by atoms with Crippen molar-refractivity contribution in [2.75, 3.05) is 26.2 Å². The molecule has 1 aliphatic carbocycles. The molecule has 2 atom stereocenters. The van der Waals surface area contributed by atoms with E-state index in [0.29, 0.717) is 31.1 Å². The fraction of sp³-hybridized carbons (Fsp3) is 0.647. The summed E-state index contributed by atoms with van der Waals surface area (Å²) in [6.07, 6.45) is 3.77. The molecule has 10 heteroatoms. The van der Waals surface area contributed by atoms with Gasteiger partial charge in [-0.3, -0.25) is 19.7 Å². The van der Waals surface area contributed by atoms with Gasteiger partial charge in [0.1, 0.15) is 0 Å². The molecule has 1 aliphatic heterocycles. The largest absolute Gasteiger partial charge is 0.339 e. The smallest absolute Gasteiger partial charge is 0.324 e. The first-order valence-electron chi connectivity index (χ1n) is 8.91. The standard InChI is InChI=1S/C17H24N4O4S.ClH/c1-17(18)7-3-2-4-12(17)15(22)19-8-10-20(11-9-19)16(23)13-5-6-14(26-13)21(24)25;/h5-6,12H,2-4,7-11,18H2,1H3;1H. The van der Waals surface area contributed by atoms with Gasteiger partial charge < -0.3 is 15.5 Å². The van der Waals surface area contributed by atoms with Crippen LogP contribution in [-0.2, 0) is 4.79 Å². The lowest BCUT2D eigenvalue weighted by molar-refractivity contribution is -0.380. The first-order valence-corrected chi connectivity index (χ1v) is 9.72. The minimum Gasteiger partial charge on any atom is -0.339 e. The third kappa shape index (κ3) is 4.59. The van der Waals surface area contributed by atoms with Crippen LogP contribution in [0.2, 0.25) is 0 Å². The van der Waals surface area contributed by atoms with Gasteiger partial charge in [0.05, 0.1) is 15.7 Å². The second kappa shape index (κ2) is 8.53. The Morgan fingerprint density at radius 2 is 1.85 bits per heavy atom. The molecule has 2 amide bonds. The number of hydrogen-bond donors (Lipinski definition) is 1. The second-order valence-electron chi connectivity index (χ2n) is 7.32. The van der Waals surface area contributed by atoms with Crippen molar-refractivity contribution in [1.29, 1.82) is 0 Å². The van der Waals surface area contributed by atoms with Crippen molar-refractivity contribution >= 4 is 40.6 Å². The molecule has 0 spiro atoms. The van der Waals surface area contributed by atoms with Crippen molar-refractivity contribution < 1.29 is 14.5 Å². The van der Waals surface area contributed by atoms with Gasteiger partial charge in [-0.25, -0.2) is 0 Å². The molecule has 0 bridgehead atoms. The number of amides is 2. The van der Waals surface area contributed by atoms with E-state index >= 15 is 0 Å². The van der Waals surface area contributed by atoms with E-state index < -0.39 is 10.5 Å². The Morgan fingerprint density at radius 1 is 1.22 bits per heavy atom. The summed E-state index contributed by atoms with van der Waals surface area (Å²) in [6.45, 7) is 3.78. The molecule has 1 aromatic rings. The van der Waals surface area contributed by atoms with Gasteiger partial charge >= 0.3 is 5.00 Å². The van der Waals surface area contributed by atoms with Crippen LogP contribution in [-0.4, -0.2) is 58.3 Å². The highest BCUT2D eigenvalue weighted by atomic mass is 35.5. The first-order chi connectivity index (χ1) is 12.3. The van der Waals surface area contributed by atoms with Crippen LogP contribution in [0.3, 0.4) is 0 Å². The summed E-state index contributed by atoms with van der Waals surface area (Å²) in [4.78, 5) is 39.5. The Balaban J connectivity index is 0.00000261. The Bertz CT molecular complexity index is 716. The minimum absolute atomic E-state index is 0. The lowest BCUT2D eigenvalue weighted by Crippen LogP contribution is -2.57.